The van der Waals surface area contributed by atoms with Crippen LogP contribution in [0, 0.1) is 0 Å². The van der Waals surface area contributed by atoms with Gasteiger partial charge in [-0.25, -0.2) is 0 Å². The van der Waals surface area contributed by atoms with Crippen LogP contribution >= 0.6 is 7.82 Å². The third-order valence-corrected chi connectivity index (χ3v) is 17.1. The van der Waals surface area contributed by atoms with Crippen LogP contribution in [0.2, 0.25) is 0 Å². The molecule has 3 unspecified atom stereocenters. The van der Waals surface area contributed by atoms with Crippen LogP contribution in [0.5, 0.6) is 0 Å². The Labute approximate surface area is 527 Å². The second kappa shape index (κ2) is 64.4. The van der Waals surface area contributed by atoms with Crippen LogP contribution in [-0.2, 0) is 27.9 Å². The van der Waals surface area contributed by atoms with Crippen molar-refractivity contribution in [3.63, 3.8) is 0 Å². The first-order valence-corrected chi connectivity index (χ1v) is 37.7. The van der Waals surface area contributed by atoms with E-state index in [-0.39, 0.29) is 24.9 Å². The van der Waals surface area contributed by atoms with E-state index in [2.05, 4.69) is 86.8 Å². The number of hydrogen-bond donors (Lipinski definition) is 1. The predicted molar refractivity (Wildman–Crippen MR) is 367 cm³/mol. The zero-order chi connectivity index (χ0) is 62.1. The minimum absolute atomic E-state index is 0.0244. The summed E-state index contributed by atoms with van der Waals surface area (Å²) in [4.78, 5) is 40.2. The Balaban J connectivity index is 5.08. The molecule has 10 heteroatoms. The van der Waals surface area contributed by atoms with Crippen LogP contribution in [0.3, 0.4) is 0 Å². The van der Waals surface area contributed by atoms with Gasteiger partial charge in [0.25, 0.3) is 7.82 Å². The van der Waals surface area contributed by atoms with Gasteiger partial charge in [-0.1, -0.05) is 299 Å². The second-order valence-electron chi connectivity index (χ2n) is 25.7. The Hall–Kier alpha value is -2.55. The van der Waals surface area contributed by atoms with Crippen molar-refractivity contribution >= 4 is 19.7 Å². The van der Waals surface area contributed by atoms with Gasteiger partial charge in [-0.05, 0) is 102 Å². The first kappa shape index (κ1) is 82.5. The molecule has 0 aromatic carbocycles. The van der Waals surface area contributed by atoms with E-state index in [1.165, 1.54) is 218 Å². The van der Waals surface area contributed by atoms with E-state index in [0.717, 1.165) is 89.9 Å². The van der Waals surface area contributed by atoms with E-state index in [1.54, 1.807) is 0 Å². The number of esters is 1. The van der Waals surface area contributed by atoms with E-state index >= 15 is 0 Å². The van der Waals surface area contributed by atoms with Gasteiger partial charge in [0.2, 0.25) is 5.91 Å². The molecular formula is C75H139N2O7P. The summed E-state index contributed by atoms with van der Waals surface area (Å²) in [6.45, 7) is 6.83. The number of ether oxygens (including phenoxy) is 1. The molecule has 9 nitrogen and oxygen atoms in total. The van der Waals surface area contributed by atoms with Gasteiger partial charge in [0.15, 0.2) is 0 Å². The lowest BCUT2D eigenvalue weighted by atomic mass is 10.0. The van der Waals surface area contributed by atoms with Gasteiger partial charge >= 0.3 is 5.97 Å². The Morgan fingerprint density at radius 1 is 0.412 bits per heavy atom. The Bertz CT molecular complexity index is 1680. The van der Waals surface area contributed by atoms with Crippen molar-refractivity contribution in [1.29, 1.82) is 0 Å². The van der Waals surface area contributed by atoms with Gasteiger partial charge in [-0.2, -0.15) is 0 Å². The van der Waals surface area contributed by atoms with Crippen molar-refractivity contribution in [2.75, 3.05) is 40.9 Å². The molecule has 0 fully saturated rings. The van der Waals surface area contributed by atoms with Gasteiger partial charge in [0, 0.05) is 12.8 Å². The maximum absolute atomic E-state index is 13.6. The first-order valence-electron chi connectivity index (χ1n) is 36.2. The van der Waals surface area contributed by atoms with Crippen LogP contribution in [-0.4, -0.2) is 69.4 Å². The minimum atomic E-state index is -4.71. The molecule has 0 aliphatic carbocycles. The number of amides is 1. The van der Waals surface area contributed by atoms with E-state index in [4.69, 9.17) is 13.8 Å². The summed E-state index contributed by atoms with van der Waals surface area (Å²) in [5.74, 6) is -0.538. The highest BCUT2D eigenvalue weighted by molar-refractivity contribution is 7.45. The number of allylic oxidation sites excluding steroid dienone is 11. The number of carbonyl (C=O) groups is 2. The summed E-state index contributed by atoms with van der Waals surface area (Å²) in [7, 11) is 1.19. The lowest BCUT2D eigenvalue weighted by Crippen LogP contribution is -2.47. The Kier molecular flexibility index (Phi) is 62.5. The summed E-state index contributed by atoms with van der Waals surface area (Å²) >= 11 is 0. The molecule has 0 aliphatic rings. The normalized spacial score (nSPS) is 13.9. The van der Waals surface area contributed by atoms with Crippen LogP contribution in [0.15, 0.2) is 72.9 Å². The molecule has 0 saturated heterocycles. The smallest absolute Gasteiger partial charge is 0.306 e. The number of nitrogens with zero attached hydrogens (tertiary/aromatic N) is 1. The molecule has 0 radical (unpaired) electrons. The molecule has 3 atom stereocenters. The molecule has 0 spiro atoms. The summed E-state index contributed by atoms with van der Waals surface area (Å²) < 4.78 is 30.5. The van der Waals surface area contributed by atoms with Crippen molar-refractivity contribution in [2.45, 2.75) is 354 Å². The number of phosphoric acid groups is 1. The van der Waals surface area contributed by atoms with Gasteiger partial charge in [-0.15, -0.1) is 0 Å². The molecule has 85 heavy (non-hydrogen) atoms. The van der Waals surface area contributed by atoms with E-state index < -0.39 is 26.6 Å². The Morgan fingerprint density at radius 2 is 0.718 bits per heavy atom. The monoisotopic (exact) mass is 1210 g/mol. The van der Waals surface area contributed by atoms with Crippen LogP contribution in [0.1, 0.15) is 342 Å². The molecule has 0 heterocycles. The fourth-order valence-corrected chi connectivity index (χ4v) is 11.2. The standard InChI is InChI=1S/C75H139N2O7P/c1-7-10-13-16-19-22-25-28-30-32-34-36-37-38-39-41-42-44-46-49-52-55-58-61-64-67-74(78)76-72(71-83-85(80,81)82-70-69-77(4,5)6)73(66-63-60-57-54-51-48-27-24-21-18-15-12-9-3)84-75(79)68-65-62-59-56-53-50-47-45-43-40-35-33-31-29-26-23-20-17-14-11-8-2/h19-20,22-23,28-31,35,40,63,66,72-73H,7-18,21,24-27,32-34,36-39,41-62,64-65,67-71H2,1-6H3,(H-,76,78,80,81)/b22-19-,23-20-,30-28-,31-29-,40-35-,66-63-. The molecule has 0 aromatic rings. The van der Waals surface area contributed by atoms with Crippen molar-refractivity contribution in [3.8, 4) is 0 Å². The van der Waals surface area contributed by atoms with Crippen LogP contribution in [0.25, 0.3) is 0 Å². The number of likely N-dealkylation sites (N-methyl/N-ethyl adjacent to an activating group) is 1. The Morgan fingerprint density at radius 3 is 1.09 bits per heavy atom. The highest BCUT2D eigenvalue weighted by Crippen LogP contribution is 2.38. The lowest BCUT2D eigenvalue weighted by Gasteiger charge is -2.30. The van der Waals surface area contributed by atoms with Crippen molar-refractivity contribution in [1.82, 2.24) is 5.32 Å². The van der Waals surface area contributed by atoms with E-state index in [1.807, 2.05) is 33.3 Å². The number of quaternary nitrogens is 1. The third-order valence-electron chi connectivity index (χ3n) is 16.1. The molecular weight excluding hydrogens is 1070 g/mol. The third kappa shape index (κ3) is 65.7. The number of phosphoric ester groups is 1. The molecule has 1 N–H and O–H groups in total. The zero-order valence-electron chi connectivity index (χ0n) is 56.8. The van der Waals surface area contributed by atoms with Gasteiger partial charge in [0.1, 0.15) is 19.3 Å². The summed E-state index contributed by atoms with van der Waals surface area (Å²) in [6, 6.07) is -0.894. The summed E-state index contributed by atoms with van der Waals surface area (Å²) in [5.41, 5.74) is 0. The topological polar surface area (TPSA) is 114 Å². The number of hydrogen-bond acceptors (Lipinski definition) is 7. The molecule has 0 saturated carbocycles. The van der Waals surface area contributed by atoms with Crippen LogP contribution in [0.4, 0.5) is 0 Å². The highest BCUT2D eigenvalue weighted by Gasteiger charge is 2.27. The molecule has 0 aromatic heterocycles. The minimum Gasteiger partial charge on any atom is -0.756 e. The molecule has 496 valence electrons. The molecule has 0 bridgehead atoms. The van der Waals surface area contributed by atoms with E-state index in [9.17, 15) is 19.0 Å². The average Bonchev–Trinajstić information content (AvgIpc) is 3.48. The SMILES string of the molecule is CCCCC/C=C\C/C=C\C/C=C\CCCCCCCCCCC(=O)OC(/C=C\CCCCCCCCCCCCC)C(COP(=O)([O-])OCC[N+](C)(C)C)NC(=O)CCCCCCCCCCCCCCCCC/C=C\C/C=C\CCCCC. The number of unbranched alkanes of at least 4 members (excludes halogenated alkanes) is 40. The summed E-state index contributed by atoms with van der Waals surface area (Å²) in [6.07, 6.45) is 84.5. The van der Waals surface area contributed by atoms with Gasteiger partial charge in [0.05, 0.1) is 33.8 Å². The fourth-order valence-electron chi connectivity index (χ4n) is 10.5. The van der Waals surface area contributed by atoms with Gasteiger partial charge < -0.3 is 28.5 Å². The number of rotatable bonds is 66. The largest absolute Gasteiger partial charge is 0.756 e. The van der Waals surface area contributed by atoms with E-state index in [0.29, 0.717) is 17.4 Å². The van der Waals surface area contributed by atoms with Crippen molar-refractivity contribution < 1.29 is 37.3 Å². The fraction of sp³-hybridized carbons (Fsp3) is 0.813. The predicted octanol–water partition coefficient (Wildman–Crippen LogP) is 22.5. The highest BCUT2D eigenvalue weighted by atomic mass is 31.2. The average molecular weight is 1210 g/mol. The van der Waals surface area contributed by atoms with Gasteiger partial charge in [-0.3, -0.25) is 14.2 Å². The molecule has 0 rings (SSSR count). The number of nitrogens with one attached hydrogen (secondary N) is 1. The second-order valence-corrected chi connectivity index (χ2v) is 27.1. The zero-order valence-corrected chi connectivity index (χ0v) is 57.7. The van der Waals surface area contributed by atoms with Crippen LogP contribution < -0.4 is 10.2 Å². The molecule has 0 aliphatic heterocycles. The maximum Gasteiger partial charge on any atom is 0.306 e. The first-order chi connectivity index (χ1) is 41.4. The quantitative estimate of drug-likeness (QED) is 0.0212. The van der Waals surface area contributed by atoms with Crippen molar-refractivity contribution in [2.24, 2.45) is 0 Å². The number of carbonyl (C=O) groups excluding carboxylic acids is 2. The maximum atomic E-state index is 13.6. The summed E-state index contributed by atoms with van der Waals surface area (Å²) in [5, 5.41) is 3.05. The lowest BCUT2D eigenvalue weighted by molar-refractivity contribution is -0.870. The van der Waals surface area contributed by atoms with Crippen molar-refractivity contribution in [3.05, 3.63) is 72.9 Å². The molecule has 1 amide bonds.